The van der Waals surface area contributed by atoms with Crippen LogP contribution in [0.1, 0.15) is 27.8 Å². The topological polar surface area (TPSA) is 358 Å². The Hall–Kier alpha value is -18.7. The van der Waals surface area contributed by atoms with E-state index in [-0.39, 0.29) is 45.0 Å². The van der Waals surface area contributed by atoms with E-state index in [1.54, 1.807) is 50.6 Å². The van der Waals surface area contributed by atoms with E-state index in [1.807, 2.05) is 374 Å². The van der Waals surface area contributed by atoms with Crippen LogP contribution in [0.4, 0.5) is 45.5 Å². The van der Waals surface area contributed by atoms with Crippen molar-refractivity contribution in [2.45, 2.75) is 34.6 Å². The van der Waals surface area contributed by atoms with Crippen molar-refractivity contribution in [1.29, 1.82) is 0 Å². The molecule has 0 aliphatic carbocycles. The molecule has 0 atom stereocenters. The number of hydrogen-bond acceptors (Lipinski definition) is 26. The Kier molecular flexibility index (Phi) is 28.4. The second-order valence-corrected chi connectivity index (χ2v) is 35.8. The van der Waals surface area contributed by atoms with Crippen LogP contribution in [0.3, 0.4) is 0 Å². The summed E-state index contributed by atoms with van der Waals surface area (Å²) in [6.07, 6.45) is 0. The number of anilines is 8. The largest absolute Gasteiger partial charge is 0.497 e. The summed E-state index contributed by atoms with van der Waals surface area (Å²) in [6, 6.07) is 93.2. The molecule has 0 fully saturated rings. The first kappa shape index (κ1) is 98.9. The number of rotatable bonds is 8. The number of aryl methyl sites for hydroxylation is 5. The summed E-state index contributed by atoms with van der Waals surface area (Å²) in [5, 5.41) is 28.8. The molecule has 24 aromatic rings. The van der Waals surface area contributed by atoms with Gasteiger partial charge in [0.05, 0.1) is 57.3 Å². The van der Waals surface area contributed by atoms with Gasteiger partial charge in [0.15, 0.2) is 0 Å². The fraction of sp³-hybridized carbons (Fsp3) is 0.133. The van der Waals surface area contributed by atoms with Gasteiger partial charge >= 0.3 is 45.0 Å². The lowest BCUT2D eigenvalue weighted by molar-refractivity contribution is 0.415. The van der Waals surface area contributed by atoms with Crippen molar-refractivity contribution in [2.24, 2.45) is 0 Å². The van der Waals surface area contributed by atoms with Crippen LogP contribution in [0.2, 0.25) is 0 Å². The molecule has 8 aromatic heterocycles. The van der Waals surface area contributed by atoms with Gasteiger partial charge in [-0.05, 0) is 236 Å². The number of hydrogen-bond donors (Lipinski definition) is 5. The summed E-state index contributed by atoms with van der Waals surface area (Å²) in [7, 11) is 20.4. The third-order valence-corrected chi connectivity index (χ3v) is 25.3. The first-order valence-electron chi connectivity index (χ1n) is 46.7. The van der Waals surface area contributed by atoms with Crippen molar-refractivity contribution >= 4 is 219 Å². The van der Waals surface area contributed by atoms with Crippen molar-refractivity contribution in [3.8, 4) is 11.5 Å². The monoisotopic (exact) mass is 1940 g/mol. The second kappa shape index (κ2) is 42.0. The molecule has 24 rings (SSSR count). The van der Waals surface area contributed by atoms with Crippen LogP contribution in [0.25, 0.3) is 174 Å². The Labute approximate surface area is 833 Å². The van der Waals surface area contributed by atoms with Gasteiger partial charge < -0.3 is 86.9 Å². The van der Waals surface area contributed by atoms with Gasteiger partial charge in [-0.1, -0.05) is 107 Å². The number of fused-ring (bicyclic) bond motifs is 24. The molecule has 732 valence electrons. The molecule has 0 saturated carbocycles. The molecule has 146 heavy (non-hydrogen) atoms. The number of nitrogen functional groups attached to an aromatic ring is 2. The predicted molar refractivity (Wildman–Crippen MR) is 597 cm³/mol. The first-order valence-corrected chi connectivity index (χ1v) is 46.7. The highest BCUT2D eigenvalue weighted by atomic mass is 16.5. The third kappa shape index (κ3) is 20.6. The number of benzene rings is 16. The van der Waals surface area contributed by atoms with Crippen LogP contribution < -0.4 is 96.6 Å². The highest BCUT2D eigenvalue weighted by Crippen LogP contribution is 2.36. The smallest absolute Gasteiger partial charge is 0.344 e. The highest BCUT2D eigenvalue weighted by molar-refractivity contribution is 6.12. The van der Waals surface area contributed by atoms with Crippen LogP contribution in [-0.2, 0) is 0 Å². The maximum absolute atomic E-state index is 12.1. The fourth-order valence-corrected chi connectivity index (χ4v) is 17.5. The zero-order valence-corrected chi connectivity index (χ0v) is 83.1. The summed E-state index contributed by atoms with van der Waals surface area (Å²) in [5.74, 6) is 1.29. The van der Waals surface area contributed by atoms with Crippen LogP contribution in [0.5, 0.6) is 11.5 Å². The molecule has 0 unspecified atom stereocenters. The molecule has 0 aliphatic heterocycles. The molecule has 0 aliphatic rings. The Morgan fingerprint density at radius 3 is 0.733 bits per heavy atom. The minimum absolute atomic E-state index is 0.276. The Balaban J connectivity index is 0.000000114. The third-order valence-electron chi connectivity index (χ3n) is 25.3. The molecule has 0 saturated heterocycles. The van der Waals surface area contributed by atoms with Crippen molar-refractivity contribution in [2.75, 3.05) is 120 Å². The molecule has 0 radical (unpaired) electrons. The number of methoxy groups -OCH3 is 2. The van der Waals surface area contributed by atoms with Gasteiger partial charge in [0.25, 0.3) is 0 Å². The number of ether oxygens (including phenoxy) is 2. The van der Waals surface area contributed by atoms with Gasteiger partial charge in [-0.2, -0.15) is 0 Å². The zero-order chi connectivity index (χ0) is 103. The molecule has 26 heteroatoms. The quantitative estimate of drug-likeness (QED) is 0.0536. The van der Waals surface area contributed by atoms with E-state index in [9.17, 15) is 38.4 Å². The molecular formula is C120H104N8O18. The molecule has 16 aromatic carbocycles. The lowest BCUT2D eigenvalue weighted by atomic mass is 10.0. The zero-order valence-electron chi connectivity index (χ0n) is 83.1. The minimum atomic E-state index is -0.352. The molecule has 8 heterocycles. The Morgan fingerprint density at radius 2 is 0.445 bits per heavy atom. The lowest BCUT2D eigenvalue weighted by Gasteiger charge is -2.13. The predicted octanol–water partition coefficient (Wildman–Crippen LogP) is 24.6. The summed E-state index contributed by atoms with van der Waals surface area (Å²) >= 11 is 0. The van der Waals surface area contributed by atoms with E-state index in [4.69, 9.17) is 56.3 Å². The van der Waals surface area contributed by atoms with Crippen LogP contribution >= 0.6 is 0 Å². The molecule has 26 nitrogen and oxygen atoms in total. The van der Waals surface area contributed by atoms with Gasteiger partial charge in [-0.3, -0.25) is 0 Å². The molecule has 0 spiro atoms. The van der Waals surface area contributed by atoms with Crippen molar-refractivity contribution in [3.05, 3.63) is 408 Å². The Bertz CT molecular complexity index is 9820. The average molecular weight is 1950 g/mol. The summed E-state index contributed by atoms with van der Waals surface area (Å²) < 4.78 is 53.2. The summed E-state index contributed by atoms with van der Waals surface area (Å²) in [4.78, 5) is 102. The Morgan fingerprint density at radius 1 is 0.219 bits per heavy atom. The number of nitrogens with one attached hydrogen (secondary N) is 3. The number of nitrogens with two attached hydrogens (primary N) is 2. The van der Waals surface area contributed by atoms with Crippen molar-refractivity contribution < 1.29 is 44.8 Å². The van der Waals surface area contributed by atoms with Crippen LogP contribution in [0.15, 0.2) is 371 Å². The summed E-state index contributed by atoms with van der Waals surface area (Å²) in [6.45, 7) is 9.79. The van der Waals surface area contributed by atoms with E-state index in [1.165, 1.54) is 0 Å². The van der Waals surface area contributed by atoms with Crippen LogP contribution in [-0.4, -0.2) is 77.6 Å². The van der Waals surface area contributed by atoms with E-state index in [2.05, 4.69) is 16.0 Å². The van der Waals surface area contributed by atoms with E-state index in [0.717, 1.165) is 148 Å². The SMILES string of the molecule is CN(C)c1ccc2c(c1)oc(=O)c1ccccc12.CNc1ccc2c(c1)oc(=O)c1cc(C)ccc12.CNc1ccc2c(c1)oc(=O)c1cc(OC)ccc12.CNc1ccc2c(c1)oc(=O)c1ccccc12.COc1ccc2c(c1)c(=O)oc1cc(N(C)C)ccc12.Cc1ccc2c(c1)c(=O)oc1cc(N(C)C)ccc12.Cc1ccc2c(c1)c(=O)oc1cc(N)c(C)cc12.Cc1ccc2c(c1)c(=O)oc1cc(N)ccc12. The van der Waals surface area contributed by atoms with E-state index >= 15 is 0 Å². The van der Waals surface area contributed by atoms with Gasteiger partial charge in [0.2, 0.25) is 0 Å². The molecule has 0 bridgehead atoms. The number of nitrogens with zero attached hydrogens (tertiary/aromatic N) is 3. The average Bonchev–Trinajstić information content (AvgIpc) is 0.814. The normalized spacial score (nSPS) is 11.0. The first-order chi connectivity index (χ1) is 70.2. The van der Waals surface area contributed by atoms with Gasteiger partial charge in [0, 0.05) is 211 Å². The van der Waals surface area contributed by atoms with E-state index in [0.29, 0.717) is 111 Å². The van der Waals surface area contributed by atoms with Gasteiger partial charge in [0.1, 0.15) is 56.2 Å². The fourth-order valence-electron chi connectivity index (χ4n) is 17.5. The van der Waals surface area contributed by atoms with Gasteiger partial charge in [-0.15, -0.1) is 0 Å². The maximum atomic E-state index is 12.1. The van der Waals surface area contributed by atoms with Crippen molar-refractivity contribution in [1.82, 2.24) is 0 Å². The van der Waals surface area contributed by atoms with Crippen molar-refractivity contribution in [3.63, 3.8) is 0 Å². The standard InChI is InChI=1S/C16H15NO3.C16H15NO2.C15H13NO3.3C15H13NO2.2C14H11NO2/c1-17(2)10-4-6-13-12-7-5-11(19-3)9-14(12)16(18)20-15(13)8-10;1-10-4-6-12-13-7-5-11(17(2)3)9-15(13)19-16(18)14(12)8-10;1-16-9-3-5-12-11-6-4-10(18-2)8-13(11)15(17)19-14(12)7-9;1-9-3-5-11-12-6-4-10(16-2)8-14(12)18-15(17)13(11)7-9;1-8-3-4-10-11-6-9(2)13(16)7-14(11)18-15(17)12(10)5-8;1-16(2)10-7-8-12-11-5-3-4-6-13(11)15(17)18-14(12)9-10;1-8-2-4-10-11-5-3-9(15)7-13(11)17-14(16)12(10)6-8;1-15-9-6-7-11-10-4-2-3-5-12(10)14(16)17-13(11)8-9/h4-9H,1-3H3;4-9H,1-3H3;3-8,16H,1-2H3;3-8,16H,1-2H3;3-7H,16H2,1-2H3;3-9H,1-2H3;2-7H,15H2,1H3;2-8,15H,1H3. The molecular weight excluding hydrogens is 1840 g/mol. The minimum Gasteiger partial charge on any atom is -0.497 e. The maximum Gasteiger partial charge on any atom is 0.344 e. The van der Waals surface area contributed by atoms with Crippen LogP contribution in [0, 0.1) is 34.6 Å². The van der Waals surface area contributed by atoms with E-state index < -0.39 is 0 Å². The summed E-state index contributed by atoms with van der Waals surface area (Å²) in [5.41, 5.74) is 26.0. The highest BCUT2D eigenvalue weighted by Gasteiger charge is 2.19. The lowest BCUT2D eigenvalue weighted by Crippen LogP contribution is -2.08. The van der Waals surface area contributed by atoms with Gasteiger partial charge in [-0.25, -0.2) is 38.4 Å². The molecule has 7 N–H and O–H groups in total. The second-order valence-electron chi connectivity index (χ2n) is 35.8. The molecule has 0 amide bonds.